The molecule has 9 nitrogen and oxygen atoms in total. The molecule has 0 spiro atoms. The quantitative estimate of drug-likeness (QED) is 0.241. The Morgan fingerprint density at radius 1 is 1.27 bits per heavy atom. The van der Waals surface area contributed by atoms with Gasteiger partial charge in [-0.2, -0.15) is 0 Å². The van der Waals surface area contributed by atoms with Gasteiger partial charge in [-0.25, -0.2) is 0 Å². The number of halogens is 2. The molecule has 0 saturated carbocycles. The lowest BCUT2D eigenvalue weighted by molar-refractivity contribution is -0.398. The number of carbonyl (C=O) groups excluding carboxylic acids is 2. The van der Waals surface area contributed by atoms with Crippen molar-refractivity contribution in [3.63, 3.8) is 0 Å². The van der Waals surface area contributed by atoms with Gasteiger partial charge in [-0.15, -0.1) is 0 Å². The number of nitro groups is 1. The molecule has 0 unspecified atom stereocenters. The Kier molecular flexibility index (Phi) is 5.92. The zero-order chi connectivity index (χ0) is 22.2. The van der Waals surface area contributed by atoms with Crippen molar-refractivity contribution in [2.45, 2.75) is 0 Å². The van der Waals surface area contributed by atoms with Crippen LogP contribution in [0.4, 0.5) is 11.4 Å². The van der Waals surface area contributed by atoms with Gasteiger partial charge in [-0.05, 0) is 42.1 Å². The van der Waals surface area contributed by atoms with E-state index in [9.17, 15) is 24.8 Å². The Bertz CT molecular complexity index is 1150. The number of nitrogens with zero attached hydrogens (tertiary/aromatic N) is 2. The van der Waals surface area contributed by atoms with Crippen LogP contribution in [0.15, 0.2) is 35.9 Å². The van der Waals surface area contributed by atoms with Crippen LogP contribution < -0.4 is 20.1 Å². The van der Waals surface area contributed by atoms with Crippen LogP contribution in [0.5, 0.6) is 11.5 Å². The number of carbonyl (C=O) groups is 2. The number of hydrogen-bond donors (Lipinski definition) is 1. The molecular weight excluding hydrogens is 457 g/mol. The van der Waals surface area contributed by atoms with Crippen molar-refractivity contribution in [2.75, 3.05) is 12.0 Å². The molecule has 0 bridgehead atoms. The monoisotopic (exact) mass is 466 g/mol. The topological polar surface area (TPSA) is 125 Å². The van der Waals surface area contributed by atoms with E-state index in [1.807, 2.05) is 0 Å². The summed E-state index contributed by atoms with van der Waals surface area (Å²) in [5.74, 6) is -2.91. The molecule has 1 N–H and O–H groups in total. The fourth-order valence-electron chi connectivity index (χ4n) is 2.69. The van der Waals surface area contributed by atoms with E-state index in [0.29, 0.717) is 0 Å². The number of benzene rings is 2. The van der Waals surface area contributed by atoms with Gasteiger partial charge in [0.1, 0.15) is 11.3 Å². The summed E-state index contributed by atoms with van der Waals surface area (Å²) in [5.41, 5.74) is -0.991. The molecule has 1 heterocycles. The zero-order valence-corrected chi connectivity index (χ0v) is 17.3. The van der Waals surface area contributed by atoms with Crippen molar-refractivity contribution in [1.29, 1.82) is 0 Å². The maximum absolute atomic E-state index is 13.0. The zero-order valence-electron chi connectivity index (χ0n) is 15.0. The van der Waals surface area contributed by atoms with Crippen molar-refractivity contribution in [2.24, 2.45) is 0 Å². The molecule has 1 aliphatic rings. The van der Waals surface area contributed by atoms with Crippen LogP contribution in [0.2, 0.25) is 10.0 Å². The van der Waals surface area contributed by atoms with Crippen molar-refractivity contribution in [3.8, 4) is 11.5 Å². The number of methoxy groups -OCH3 is 1. The smallest absolute Gasteiger partial charge is 0.270 e. The van der Waals surface area contributed by atoms with Crippen LogP contribution in [-0.4, -0.2) is 29.0 Å². The van der Waals surface area contributed by atoms with E-state index in [1.54, 1.807) is 6.07 Å². The molecule has 0 aromatic heterocycles. The van der Waals surface area contributed by atoms with E-state index < -0.39 is 33.7 Å². The number of anilines is 1. The van der Waals surface area contributed by atoms with E-state index in [2.05, 4.69) is 5.32 Å². The molecule has 1 aliphatic heterocycles. The Balaban J connectivity index is 2.13. The lowest BCUT2D eigenvalue weighted by Gasteiger charge is -2.29. The third-order valence-electron chi connectivity index (χ3n) is 4.06. The summed E-state index contributed by atoms with van der Waals surface area (Å²) in [6.07, 6.45) is 1.08. The molecule has 0 atom stereocenters. The molecule has 30 heavy (non-hydrogen) atoms. The first-order chi connectivity index (χ1) is 14.1. The highest BCUT2D eigenvalue weighted by molar-refractivity contribution is 7.80. The summed E-state index contributed by atoms with van der Waals surface area (Å²) in [7, 11) is 1.16. The summed E-state index contributed by atoms with van der Waals surface area (Å²) in [5, 5.41) is 25.5. The first-order valence-corrected chi connectivity index (χ1v) is 9.21. The third-order valence-corrected chi connectivity index (χ3v) is 5.15. The van der Waals surface area contributed by atoms with Crippen LogP contribution in [0.3, 0.4) is 0 Å². The third kappa shape index (κ3) is 3.80. The van der Waals surface area contributed by atoms with Gasteiger partial charge in [-0.1, -0.05) is 29.3 Å². The minimum Gasteiger partial charge on any atom is -0.865 e. The summed E-state index contributed by atoms with van der Waals surface area (Å²) in [4.78, 5) is 36.7. The van der Waals surface area contributed by atoms with Crippen molar-refractivity contribution >= 4 is 69.8 Å². The molecule has 2 aromatic rings. The second kappa shape index (κ2) is 8.27. The van der Waals surface area contributed by atoms with E-state index in [0.717, 1.165) is 24.2 Å². The Hall–Kier alpha value is -3.21. The number of nitro benzene ring substituents is 1. The van der Waals surface area contributed by atoms with E-state index in [1.165, 1.54) is 18.2 Å². The fourth-order valence-corrected chi connectivity index (χ4v) is 3.34. The SMILES string of the molecule is COc1cc(/C=C2\C(=O)NC(=S)N(c3cccc(Cl)c3Cl)C2=O)cc([N+](=O)[O-])c1[O-]. The maximum Gasteiger partial charge on any atom is 0.270 e. The van der Waals surface area contributed by atoms with Crippen molar-refractivity contribution in [1.82, 2.24) is 5.32 Å². The first kappa shape index (κ1) is 21.5. The van der Waals surface area contributed by atoms with Crippen molar-refractivity contribution in [3.05, 3.63) is 61.6 Å². The minimum absolute atomic E-state index is 0.0293. The summed E-state index contributed by atoms with van der Waals surface area (Å²) >= 11 is 17.3. The highest BCUT2D eigenvalue weighted by atomic mass is 35.5. The predicted molar refractivity (Wildman–Crippen MR) is 112 cm³/mol. The number of hydrogen-bond acceptors (Lipinski definition) is 7. The van der Waals surface area contributed by atoms with Gasteiger partial charge in [0.25, 0.3) is 17.5 Å². The van der Waals surface area contributed by atoms with Gasteiger partial charge in [0.2, 0.25) is 0 Å². The van der Waals surface area contributed by atoms with Gasteiger partial charge >= 0.3 is 0 Å². The number of ether oxygens (including phenoxy) is 1. The fraction of sp³-hybridized carbons (Fsp3) is 0.0556. The van der Waals surface area contributed by atoms with Crippen LogP contribution in [0.25, 0.3) is 6.08 Å². The largest absolute Gasteiger partial charge is 0.865 e. The highest BCUT2D eigenvalue weighted by Gasteiger charge is 2.35. The molecule has 0 aliphatic carbocycles. The number of nitrogens with one attached hydrogen (secondary N) is 1. The first-order valence-electron chi connectivity index (χ1n) is 8.04. The molecule has 2 aromatic carbocycles. The van der Waals surface area contributed by atoms with E-state index >= 15 is 0 Å². The van der Waals surface area contributed by atoms with E-state index in [-0.39, 0.29) is 32.2 Å². The van der Waals surface area contributed by atoms with Gasteiger partial charge in [0, 0.05) is 11.8 Å². The lowest BCUT2D eigenvalue weighted by atomic mass is 10.1. The predicted octanol–water partition coefficient (Wildman–Crippen LogP) is 2.82. The molecule has 2 amide bonds. The maximum atomic E-state index is 13.0. The summed E-state index contributed by atoms with van der Waals surface area (Å²) in [6, 6.07) is 6.64. The molecule has 0 radical (unpaired) electrons. The van der Waals surface area contributed by atoms with Crippen LogP contribution in [0, 0.1) is 10.1 Å². The molecule has 1 saturated heterocycles. The highest BCUT2D eigenvalue weighted by Crippen LogP contribution is 2.37. The standard InChI is InChI=1S/C18H11Cl2N3O6S/c1-29-13-7-8(6-12(15(13)24)23(27)28)5-9-16(25)21-18(30)22(17(9)26)11-4-2-3-10(19)14(11)20/h2-7,24H,1H3,(H,21,25,30)/p-1/b9-5+. The van der Waals surface area contributed by atoms with Crippen LogP contribution >= 0.6 is 35.4 Å². The van der Waals surface area contributed by atoms with Crippen molar-refractivity contribution < 1.29 is 24.4 Å². The Morgan fingerprint density at radius 2 is 1.97 bits per heavy atom. The molecule has 1 fully saturated rings. The summed E-state index contributed by atoms with van der Waals surface area (Å²) < 4.78 is 4.86. The number of amides is 2. The minimum atomic E-state index is -0.933. The molecule has 3 rings (SSSR count). The van der Waals surface area contributed by atoms with Crippen LogP contribution in [0.1, 0.15) is 5.56 Å². The molecular formula is C18H10Cl2N3O6S-. The van der Waals surface area contributed by atoms with Gasteiger partial charge in [0.15, 0.2) is 5.11 Å². The average Bonchev–Trinajstić information content (AvgIpc) is 2.69. The summed E-state index contributed by atoms with van der Waals surface area (Å²) in [6.45, 7) is 0. The Labute approximate surface area is 184 Å². The lowest BCUT2D eigenvalue weighted by Crippen LogP contribution is -2.54. The van der Waals surface area contributed by atoms with Gasteiger partial charge < -0.3 is 9.84 Å². The Morgan fingerprint density at radius 3 is 2.60 bits per heavy atom. The second-order valence-corrected chi connectivity index (χ2v) is 7.03. The number of thiocarbonyl (C=S) groups is 1. The van der Waals surface area contributed by atoms with Gasteiger partial charge in [-0.3, -0.25) is 29.9 Å². The second-order valence-electron chi connectivity index (χ2n) is 5.86. The normalized spacial score (nSPS) is 15.4. The average molecular weight is 467 g/mol. The van der Waals surface area contributed by atoms with Crippen LogP contribution in [-0.2, 0) is 9.59 Å². The molecule has 12 heteroatoms. The molecule has 154 valence electrons. The number of rotatable bonds is 4. The van der Waals surface area contributed by atoms with Gasteiger partial charge in [0.05, 0.1) is 27.8 Å². The van der Waals surface area contributed by atoms with E-state index in [4.69, 9.17) is 40.2 Å².